The number of benzene rings is 1. The van der Waals surface area contributed by atoms with Crippen LogP contribution in [0, 0.1) is 18.3 Å². The molecule has 3 atom stereocenters. The Morgan fingerprint density at radius 2 is 2.09 bits per heavy atom. The summed E-state index contributed by atoms with van der Waals surface area (Å²) in [6, 6.07) is 10.2. The first kappa shape index (κ1) is 17.5. The van der Waals surface area contributed by atoms with Crippen molar-refractivity contribution in [3.63, 3.8) is 0 Å². The van der Waals surface area contributed by atoms with Crippen LogP contribution in [0.3, 0.4) is 0 Å². The van der Waals surface area contributed by atoms with Gasteiger partial charge in [0.25, 0.3) is 0 Å². The Kier molecular flexibility index (Phi) is 6.04. The molecule has 0 saturated carbocycles. The maximum Gasteiger partial charge on any atom is 0.242 e. The molecule has 1 unspecified atom stereocenters. The summed E-state index contributed by atoms with van der Waals surface area (Å²) in [5.41, 5.74) is 2.44. The summed E-state index contributed by atoms with van der Waals surface area (Å²) in [6.45, 7) is 2.07. The van der Waals surface area contributed by atoms with Crippen LogP contribution in [0.15, 0.2) is 24.3 Å². The fourth-order valence-corrected chi connectivity index (χ4v) is 4.84. The topological polar surface area (TPSA) is 56.1 Å². The van der Waals surface area contributed by atoms with E-state index in [1.54, 1.807) is 28.4 Å². The third-order valence-corrected chi connectivity index (χ3v) is 6.05. The molecule has 4 nitrogen and oxygen atoms in total. The Bertz CT molecular complexity index is 575. The van der Waals surface area contributed by atoms with Gasteiger partial charge in [-0.25, -0.2) is 0 Å². The number of carbonyl (C=O) groups is 1. The predicted molar refractivity (Wildman–Crippen MR) is 94.1 cm³/mol. The minimum atomic E-state index is -0.271. The molecule has 2 aliphatic rings. The van der Waals surface area contributed by atoms with E-state index in [-0.39, 0.29) is 35.8 Å². The molecule has 2 saturated heterocycles. The van der Waals surface area contributed by atoms with E-state index in [0.717, 1.165) is 11.5 Å². The molecule has 118 valence electrons. The zero-order chi connectivity index (χ0) is 14.8. The number of halogens is 1. The normalized spacial score (nSPS) is 27.3. The molecule has 2 aliphatic heterocycles. The van der Waals surface area contributed by atoms with Crippen molar-refractivity contribution in [2.24, 2.45) is 0 Å². The number of rotatable bonds is 2. The van der Waals surface area contributed by atoms with Crippen molar-refractivity contribution >= 4 is 41.8 Å². The average Bonchev–Trinajstić information content (AvgIpc) is 3.16. The Morgan fingerprint density at radius 1 is 1.36 bits per heavy atom. The van der Waals surface area contributed by atoms with E-state index in [1.807, 2.05) is 0 Å². The smallest absolute Gasteiger partial charge is 0.242 e. The number of amides is 1. The van der Waals surface area contributed by atoms with E-state index in [2.05, 4.69) is 42.6 Å². The van der Waals surface area contributed by atoms with E-state index >= 15 is 0 Å². The van der Waals surface area contributed by atoms with Gasteiger partial charge in [-0.05, 0) is 12.5 Å². The maximum absolute atomic E-state index is 12.5. The lowest BCUT2D eigenvalue weighted by atomic mass is 10.1. The molecular weight excluding hydrogens is 338 g/mol. The Labute approximate surface area is 145 Å². The Hall–Kier alpha value is -0.870. The van der Waals surface area contributed by atoms with Gasteiger partial charge in [0, 0.05) is 11.5 Å². The van der Waals surface area contributed by atoms with Gasteiger partial charge in [-0.3, -0.25) is 10.1 Å². The van der Waals surface area contributed by atoms with E-state index in [0.29, 0.717) is 5.88 Å². The quantitative estimate of drug-likeness (QED) is 0.883. The Balaban J connectivity index is 0.00000176. The molecule has 7 heteroatoms. The standard InChI is InChI=1S/C15H17N3OS2.ClH/c1-10-2-4-11(5-3-10)14-17-13(8-21-14)15(19)18-9-20-7-12(18)6-16;/h2-5,12-14,17H,7-9H2,1H3;1H/t12-,13+,14?;/m1./s1. The monoisotopic (exact) mass is 355 g/mol. The highest BCUT2D eigenvalue weighted by Gasteiger charge is 2.37. The van der Waals surface area contributed by atoms with Crippen LogP contribution < -0.4 is 5.32 Å². The molecular formula is C15H18ClN3OS2. The largest absolute Gasteiger partial charge is 0.315 e. The average molecular weight is 356 g/mol. The molecule has 1 N–H and O–H groups in total. The van der Waals surface area contributed by atoms with Crippen LogP contribution in [0.5, 0.6) is 0 Å². The number of nitriles is 1. The van der Waals surface area contributed by atoms with Gasteiger partial charge in [-0.15, -0.1) is 35.9 Å². The molecule has 3 rings (SSSR count). The van der Waals surface area contributed by atoms with Crippen LogP contribution in [0.1, 0.15) is 16.5 Å². The van der Waals surface area contributed by atoms with Gasteiger partial charge >= 0.3 is 0 Å². The number of thioether (sulfide) groups is 2. The zero-order valence-corrected chi connectivity index (χ0v) is 14.6. The molecule has 2 heterocycles. The summed E-state index contributed by atoms with van der Waals surface area (Å²) in [7, 11) is 0. The summed E-state index contributed by atoms with van der Waals surface area (Å²) in [4.78, 5) is 14.2. The van der Waals surface area contributed by atoms with Crippen molar-refractivity contribution in [3.05, 3.63) is 35.4 Å². The number of nitrogens with zero attached hydrogens (tertiary/aromatic N) is 2. The highest BCUT2D eigenvalue weighted by molar-refractivity contribution is 8.00. The number of carbonyl (C=O) groups excluding carboxylic acids is 1. The van der Waals surface area contributed by atoms with Crippen molar-refractivity contribution in [1.82, 2.24) is 10.2 Å². The van der Waals surface area contributed by atoms with Gasteiger partial charge in [0.2, 0.25) is 5.91 Å². The lowest BCUT2D eigenvalue weighted by Crippen LogP contribution is -2.47. The third kappa shape index (κ3) is 3.54. The second-order valence-electron chi connectivity index (χ2n) is 5.30. The lowest BCUT2D eigenvalue weighted by Gasteiger charge is -2.22. The summed E-state index contributed by atoms with van der Waals surface area (Å²) in [5.74, 6) is 2.18. The van der Waals surface area contributed by atoms with Crippen LogP contribution >= 0.6 is 35.9 Å². The van der Waals surface area contributed by atoms with Crippen LogP contribution in [-0.4, -0.2) is 40.3 Å². The van der Waals surface area contributed by atoms with Crippen LogP contribution in [0.2, 0.25) is 0 Å². The van der Waals surface area contributed by atoms with Gasteiger partial charge in [-0.1, -0.05) is 29.8 Å². The summed E-state index contributed by atoms with van der Waals surface area (Å²) < 4.78 is 0. The molecule has 1 aromatic carbocycles. The number of aryl methyl sites for hydroxylation is 1. The van der Waals surface area contributed by atoms with E-state index in [1.165, 1.54) is 11.1 Å². The summed E-state index contributed by atoms with van der Waals surface area (Å²) >= 11 is 3.41. The minimum Gasteiger partial charge on any atom is -0.315 e. The maximum atomic E-state index is 12.5. The lowest BCUT2D eigenvalue weighted by molar-refractivity contribution is -0.132. The van der Waals surface area contributed by atoms with Gasteiger partial charge in [0.05, 0.1) is 23.4 Å². The molecule has 22 heavy (non-hydrogen) atoms. The molecule has 1 aromatic rings. The van der Waals surface area contributed by atoms with Crippen LogP contribution in [0.4, 0.5) is 0 Å². The highest BCUT2D eigenvalue weighted by Crippen LogP contribution is 2.34. The van der Waals surface area contributed by atoms with E-state index in [4.69, 9.17) is 5.26 Å². The fraction of sp³-hybridized carbons (Fsp3) is 0.467. The van der Waals surface area contributed by atoms with Crippen LogP contribution in [0.25, 0.3) is 0 Å². The van der Waals surface area contributed by atoms with E-state index in [9.17, 15) is 4.79 Å². The van der Waals surface area contributed by atoms with Crippen molar-refractivity contribution in [1.29, 1.82) is 5.26 Å². The Morgan fingerprint density at radius 3 is 2.77 bits per heavy atom. The van der Waals surface area contributed by atoms with Crippen molar-refractivity contribution in [2.75, 3.05) is 17.4 Å². The molecule has 0 aromatic heterocycles. The second-order valence-corrected chi connectivity index (χ2v) is 7.43. The van der Waals surface area contributed by atoms with Crippen LogP contribution in [-0.2, 0) is 4.79 Å². The SMILES string of the molecule is Cc1ccc(C2N[C@H](C(=O)N3CSC[C@H]3C#N)CS2)cc1.Cl. The van der Waals surface area contributed by atoms with Gasteiger partial charge in [0.1, 0.15) is 6.04 Å². The summed E-state index contributed by atoms with van der Waals surface area (Å²) in [6.07, 6.45) is 0. The molecule has 0 bridgehead atoms. The number of nitrogens with one attached hydrogen (secondary N) is 1. The molecule has 2 fully saturated rings. The first-order chi connectivity index (χ1) is 10.2. The number of hydrogen-bond acceptors (Lipinski definition) is 5. The van der Waals surface area contributed by atoms with Gasteiger partial charge in [0.15, 0.2) is 0 Å². The van der Waals surface area contributed by atoms with E-state index < -0.39 is 0 Å². The second kappa shape index (κ2) is 7.60. The fourth-order valence-electron chi connectivity index (χ4n) is 2.51. The molecule has 0 spiro atoms. The molecule has 0 radical (unpaired) electrons. The third-order valence-electron chi connectivity index (χ3n) is 3.77. The van der Waals surface area contributed by atoms with Gasteiger partial charge < -0.3 is 4.90 Å². The summed E-state index contributed by atoms with van der Waals surface area (Å²) in [5, 5.41) is 12.7. The number of hydrogen-bond donors (Lipinski definition) is 1. The minimum absolute atomic E-state index is 0. The zero-order valence-electron chi connectivity index (χ0n) is 12.2. The first-order valence-corrected chi connectivity index (χ1v) is 9.11. The van der Waals surface area contributed by atoms with Gasteiger partial charge in [-0.2, -0.15) is 5.26 Å². The van der Waals surface area contributed by atoms with Crippen molar-refractivity contribution < 1.29 is 4.79 Å². The van der Waals surface area contributed by atoms with Crippen molar-refractivity contribution in [3.8, 4) is 6.07 Å². The molecule has 1 amide bonds. The molecule has 0 aliphatic carbocycles. The first-order valence-electron chi connectivity index (χ1n) is 6.91. The predicted octanol–water partition coefficient (Wildman–Crippen LogP) is 2.55. The van der Waals surface area contributed by atoms with Crippen molar-refractivity contribution in [2.45, 2.75) is 24.4 Å². The highest BCUT2D eigenvalue weighted by atomic mass is 35.5.